The number of fused-ring (bicyclic) bond motifs is 1. The van der Waals surface area contributed by atoms with Crippen molar-refractivity contribution in [2.45, 2.75) is 298 Å². The third-order valence-corrected chi connectivity index (χ3v) is 16.9. The summed E-state index contributed by atoms with van der Waals surface area (Å²) in [7, 11) is 0. The number of hydrogen-bond donors (Lipinski definition) is 1. The van der Waals surface area contributed by atoms with Crippen LogP contribution in [0.15, 0.2) is 137 Å². The number of hydrogen-bond acceptors (Lipinski definition) is 7. The predicted octanol–water partition coefficient (Wildman–Crippen LogP) is 20.3. The highest BCUT2D eigenvalue weighted by Gasteiger charge is 2.76. The topological polar surface area (TPSA) is 102 Å². The number of allylic oxidation sites excluding steroid dienone is 20. The molecule has 0 aromatic rings. The van der Waals surface area contributed by atoms with Crippen molar-refractivity contribution in [2.24, 2.45) is 10.8 Å². The molecule has 2 aliphatic carbocycles. The maximum Gasteiger partial charge on any atom is 0.306 e. The number of carbonyl (C=O) groups is 3. The van der Waals surface area contributed by atoms with E-state index in [9.17, 15) is 19.5 Å². The zero-order chi connectivity index (χ0) is 59.6. The van der Waals surface area contributed by atoms with E-state index in [1.807, 2.05) is 82.4 Å². The molecule has 3 rings (SSSR count). The standard InChI is InChI=1S/C74H114O7/c1-13-15-17-19-21-23-25-27-28-30-32-34-36-38-40-52-69(77)80-65-56-71(9,10)74(73(12,58-65)81-74)59-66(75)63(6)50-44-49-61(4)46-42-41-45-60(3)47-43-48-62(5)53-54-67-70(7,8)55-64(57-72(67,11)78)79-68(76)51-39-37-35-33-31-29-26-24-22-20-18-16-14-2/h21,23-24,26-28,41-50,53,64-65,78H,13-20,22,25,29-40,51-52,55-59H2,1-12H3/b23-21-,26-24-,28-27-,42-41+,47-43+,49-44+,60-45+,61-46+,62-48+,63-50+/t54?,64-,65-,72+,73+,74-/m0/s1. The summed E-state index contributed by atoms with van der Waals surface area (Å²) in [5.74, 6) is -0.207. The van der Waals surface area contributed by atoms with Gasteiger partial charge in [0.1, 0.15) is 17.8 Å². The Morgan fingerprint density at radius 2 is 0.988 bits per heavy atom. The molecule has 0 unspecified atom stereocenters. The lowest BCUT2D eigenvalue weighted by atomic mass is 9.61. The minimum atomic E-state index is -1.14. The normalized spacial score (nSPS) is 24.3. The summed E-state index contributed by atoms with van der Waals surface area (Å²) in [4.78, 5) is 39.3. The van der Waals surface area contributed by atoms with Gasteiger partial charge in [0.15, 0.2) is 5.78 Å². The smallest absolute Gasteiger partial charge is 0.306 e. The summed E-state index contributed by atoms with van der Waals surface area (Å²) >= 11 is 0. The molecule has 2 saturated carbocycles. The molecule has 0 amide bonds. The lowest BCUT2D eigenvalue weighted by Gasteiger charge is -2.44. The highest BCUT2D eigenvalue weighted by atomic mass is 16.6. The van der Waals surface area contributed by atoms with Crippen LogP contribution >= 0.6 is 0 Å². The number of ketones is 1. The maximum absolute atomic E-state index is 13.6. The first-order valence-electron chi connectivity index (χ1n) is 32.1. The van der Waals surface area contributed by atoms with Gasteiger partial charge in [-0.25, -0.2) is 0 Å². The third kappa shape index (κ3) is 27.1. The number of esters is 2. The molecule has 81 heavy (non-hydrogen) atoms. The Hall–Kier alpha value is -4.55. The van der Waals surface area contributed by atoms with Gasteiger partial charge >= 0.3 is 11.9 Å². The van der Waals surface area contributed by atoms with Crippen LogP contribution < -0.4 is 0 Å². The number of ether oxygens (including phenoxy) is 3. The van der Waals surface area contributed by atoms with Gasteiger partial charge in [0, 0.05) is 43.1 Å². The number of Topliss-reactive ketones (excluding diaryl/α,β-unsaturated/α-hetero) is 1. The summed E-state index contributed by atoms with van der Waals surface area (Å²) in [6.45, 7) is 24.9. The van der Waals surface area contributed by atoms with Crippen molar-refractivity contribution in [3.05, 3.63) is 137 Å². The second-order valence-corrected chi connectivity index (χ2v) is 25.8. The van der Waals surface area contributed by atoms with Gasteiger partial charge in [0.05, 0.1) is 11.2 Å². The van der Waals surface area contributed by atoms with Crippen molar-refractivity contribution in [3.63, 3.8) is 0 Å². The lowest BCUT2D eigenvalue weighted by Crippen LogP contribution is -2.49. The molecular formula is C74H114O7. The van der Waals surface area contributed by atoms with Gasteiger partial charge in [0.2, 0.25) is 0 Å². The van der Waals surface area contributed by atoms with Gasteiger partial charge in [0.25, 0.3) is 0 Å². The van der Waals surface area contributed by atoms with Crippen LogP contribution in [0.4, 0.5) is 0 Å². The molecule has 1 aliphatic heterocycles. The van der Waals surface area contributed by atoms with Crippen molar-refractivity contribution in [2.75, 3.05) is 0 Å². The summed E-state index contributed by atoms with van der Waals surface area (Å²) in [6.07, 6.45) is 64.5. The van der Waals surface area contributed by atoms with Crippen molar-refractivity contribution in [3.8, 4) is 0 Å². The summed E-state index contributed by atoms with van der Waals surface area (Å²) in [5.41, 5.74) is 5.19. The van der Waals surface area contributed by atoms with E-state index in [1.165, 1.54) is 83.5 Å². The van der Waals surface area contributed by atoms with Crippen molar-refractivity contribution in [1.82, 2.24) is 0 Å². The molecule has 1 saturated heterocycles. The molecule has 3 fully saturated rings. The number of rotatable bonds is 39. The first-order chi connectivity index (χ1) is 38.6. The SMILES string of the molecule is CCCCC/C=C\C/C=C\CCCCCCCC(=O)O[C@H]1CC(C)(C)[C@]2(CC(=O)/C(C)=C/C=C/C(C)=C/C=C/C=C(C)/C=C/C=C(\C)C=C=C3C(C)(C)C[C@H](OC(=O)CCCCCCC/C=C\CCCCCC)C[C@@]3(C)O)O[C@]2(C)C1. The average molecular weight is 1120 g/mol. The number of unbranched alkanes of at least 4 members (excludes halogenated alkanes) is 17. The van der Waals surface area contributed by atoms with Crippen LogP contribution in [-0.2, 0) is 28.6 Å². The summed E-state index contributed by atoms with van der Waals surface area (Å²) in [6, 6.07) is 0. The van der Waals surface area contributed by atoms with Crippen LogP contribution in [0.2, 0.25) is 0 Å². The van der Waals surface area contributed by atoms with Crippen molar-refractivity contribution in [1.29, 1.82) is 0 Å². The molecule has 0 spiro atoms. The van der Waals surface area contributed by atoms with E-state index in [1.54, 1.807) is 0 Å². The quantitative estimate of drug-likeness (QED) is 0.0124. The zero-order valence-electron chi connectivity index (χ0n) is 53.4. The minimum absolute atomic E-state index is 0.0747. The van der Waals surface area contributed by atoms with Crippen LogP contribution in [0.5, 0.6) is 0 Å². The summed E-state index contributed by atoms with van der Waals surface area (Å²) in [5, 5.41) is 11.6. The second kappa shape index (κ2) is 37.6. The van der Waals surface area contributed by atoms with Crippen LogP contribution in [0, 0.1) is 10.8 Å². The van der Waals surface area contributed by atoms with E-state index in [-0.39, 0.29) is 40.8 Å². The number of epoxide rings is 1. The van der Waals surface area contributed by atoms with E-state index in [2.05, 4.69) is 110 Å². The lowest BCUT2D eigenvalue weighted by molar-refractivity contribution is -0.156. The molecular weight excluding hydrogens is 1000 g/mol. The molecule has 1 heterocycles. The Morgan fingerprint density at radius 1 is 0.543 bits per heavy atom. The van der Waals surface area contributed by atoms with Gasteiger partial charge in [-0.3, -0.25) is 14.4 Å². The highest BCUT2D eigenvalue weighted by Crippen LogP contribution is 2.67. The van der Waals surface area contributed by atoms with Crippen LogP contribution in [-0.4, -0.2) is 51.8 Å². The molecule has 0 aromatic carbocycles. The molecule has 7 nitrogen and oxygen atoms in total. The number of aliphatic hydroxyl groups is 1. The second-order valence-electron chi connectivity index (χ2n) is 25.8. The van der Waals surface area contributed by atoms with Crippen LogP contribution in [0.25, 0.3) is 0 Å². The fraction of sp³-hybridized carbons (Fsp3) is 0.649. The van der Waals surface area contributed by atoms with Crippen molar-refractivity contribution < 1.29 is 33.7 Å². The Balaban J connectivity index is 1.37. The molecule has 3 aliphatic rings. The van der Waals surface area contributed by atoms with Gasteiger partial charge < -0.3 is 19.3 Å². The minimum Gasteiger partial charge on any atom is -0.462 e. The molecule has 1 N–H and O–H groups in total. The van der Waals surface area contributed by atoms with E-state index < -0.39 is 16.8 Å². The van der Waals surface area contributed by atoms with Crippen LogP contribution in [0.1, 0.15) is 269 Å². The third-order valence-electron chi connectivity index (χ3n) is 16.9. The molecule has 0 radical (unpaired) electrons. The van der Waals surface area contributed by atoms with E-state index in [4.69, 9.17) is 14.2 Å². The van der Waals surface area contributed by atoms with E-state index in [0.717, 1.165) is 80.1 Å². The first kappa shape index (κ1) is 70.7. The Labute approximate surface area is 495 Å². The van der Waals surface area contributed by atoms with Gasteiger partial charge in [-0.05, 0) is 148 Å². The molecule has 0 bridgehead atoms. The molecule has 5 atom stereocenters. The predicted molar refractivity (Wildman–Crippen MR) is 342 cm³/mol. The fourth-order valence-electron chi connectivity index (χ4n) is 12.1. The van der Waals surface area contributed by atoms with Crippen LogP contribution in [0.3, 0.4) is 0 Å². The average Bonchev–Trinajstić information content (AvgIpc) is 2.31. The first-order valence-corrected chi connectivity index (χ1v) is 32.1. The van der Waals surface area contributed by atoms with Gasteiger partial charge in [-0.1, -0.05) is 221 Å². The monoisotopic (exact) mass is 1110 g/mol. The number of carbonyl (C=O) groups excluding carboxylic acids is 3. The Morgan fingerprint density at radius 3 is 1.51 bits per heavy atom. The van der Waals surface area contributed by atoms with Gasteiger partial charge in [-0.2, -0.15) is 0 Å². The largest absolute Gasteiger partial charge is 0.462 e. The fourth-order valence-corrected chi connectivity index (χ4v) is 12.1. The van der Waals surface area contributed by atoms with Crippen molar-refractivity contribution >= 4 is 17.7 Å². The molecule has 452 valence electrons. The summed E-state index contributed by atoms with van der Waals surface area (Å²) < 4.78 is 18.5. The molecule has 7 heteroatoms. The Kier molecular flexibility index (Phi) is 32.8. The van der Waals surface area contributed by atoms with E-state index in [0.29, 0.717) is 50.5 Å². The highest BCUT2D eigenvalue weighted by molar-refractivity contribution is 5.96. The maximum atomic E-state index is 13.6. The molecule has 0 aromatic heterocycles. The van der Waals surface area contributed by atoms with Gasteiger partial charge in [-0.15, -0.1) is 5.73 Å². The zero-order valence-corrected chi connectivity index (χ0v) is 53.4. The van der Waals surface area contributed by atoms with E-state index >= 15 is 0 Å². The Bertz CT molecular complexity index is 2290.